The van der Waals surface area contributed by atoms with E-state index >= 15 is 0 Å². The van der Waals surface area contributed by atoms with Gasteiger partial charge in [0.15, 0.2) is 0 Å². The van der Waals surface area contributed by atoms with Gasteiger partial charge in [-0.1, -0.05) is 44.0 Å². The lowest BCUT2D eigenvalue weighted by Gasteiger charge is -2.04. The van der Waals surface area contributed by atoms with Crippen molar-refractivity contribution < 1.29 is 9.90 Å². The molecule has 2 nitrogen and oxygen atoms in total. The second-order valence-electron chi connectivity index (χ2n) is 2.97. The zero-order valence-corrected chi connectivity index (χ0v) is 10.6. The van der Waals surface area contributed by atoms with E-state index in [1.165, 1.54) is 0 Å². The molecule has 0 spiro atoms. The number of aryl methyl sites for hydroxylation is 1. The van der Waals surface area contributed by atoms with Crippen LogP contribution in [0.1, 0.15) is 12.0 Å². The molecule has 0 saturated carbocycles. The van der Waals surface area contributed by atoms with Gasteiger partial charge >= 0.3 is 5.97 Å². The van der Waals surface area contributed by atoms with Crippen LogP contribution in [0.3, 0.4) is 0 Å². The maximum atomic E-state index is 10.5. The summed E-state index contributed by atoms with van der Waals surface area (Å²) < 4.78 is 1.04. The van der Waals surface area contributed by atoms with Gasteiger partial charge in [-0.3, -0.25) is 4.79 Å². The van der Waals surface area contributed by atoms with Crippen molar-refractivity contribution in [2.24, 2.45) is 0 Å². The molecule has 0 saturated heterocycles. The molecule has 0 aromatic heterocycles. The number of carbonyl (C=O) groups is 1. The molecule has 1 atom stereocenters. The van der Waals surface area contributed by atoms with Gasteiger partial charge in [-0.05, 0) is 30.5 Å². The first-order valence-corrected chi connectivity index (χ1v) is 5.92. The highest BCUT2D eigenvalue weighted by Crippen LogP contribution is 2.14. The second-order valence-corrected chi connectivity index (χ2v) is 4.99. The summed E-state index contributed by atoms with van der Waals surface area (Å²) in [6, 6.07) is 7.90. The van der Waals surface area contributed by atoms with Gasteiger partial charge in [0, 0.05) is 4.47 Å². The summed E-state index contributed by atoms with van der Waals surface area (Å²) >= 11 is 6.45. The van der Waals surface area contributed by atoms with Crippen molar-refractivity contribution in [1.29, 1.82) is 0 Å². The Kier molecular flexibility index (Phi) is 4.62. The average Bonchev–Trinajstić information content (AvgIpc) is 2.16. The Morgan fingerprint density at radius 1 is 1.36 bits per heavy atom. The topological polar surface area (TPSA) is 37.3 Å². The summed E-state index contributed by atoms with van der Waals surface area (Å²) in [4.78, 5) is 10.1. The fourth-order valence-corrected chi connectivity index (χ4v) is 1.56. The first-order valence-electron chi connectivity index (χ1n) is 4.21. The molecule has 4 heteroatoms. The van der Waals surface area contributed by atoms with E-state index in [0.717, 1.165) is 16.5 Å². The minimum Gasteiger partial charge on any atom is -0.480 e. The smallest absolute Gasteiger partial charge is 0.317 e. The number of aliphatic carboxylic acids is 1. The quantitative estimate of drug-likeness (QED) is 0.864. The Balaban J connectivity index is 2.46. The highest BCUT2D eigenvalue weighted by molar-refractivity contribution is 9.10. The fourth-order valence-electron chi connectivity index (χ4n) is 1.07. The van der Waals surface area contributed by atoms with Gasteiger partial charge in [0.1, 0.15) is 4.83 Å². The number of carboxylic acid groups (broad SMARTS) is 1. The Bertz CT molecular complexity index is 308. The molecule has 1 rings (SSSR count). The van der Waals surface area contributed by atoms with E-state index in [-0.39, 0.29) is 0 Å². The van der Waals surface area contributed by atoms with Crippen LogP contribution < -0.4 is 0 Å². The number of halogens is 2. The molecule has 1 aromatic rings. The Labute approximate surface area is 99.6 Å². The second kappa shape index (κ2) is 5.51. The van der Waals surface area contributed by atoms with Crippen LogP contribution in [0.15, 0.2) is 28.7 Å². The van der Waals surface area contributed by atoms with Crippen LogP contribution in [-0.4, -0.2) is 15.9 Å². The fraction of sp³-hybridized carbons (Fsp3) is 0.300. The van der Waals surface area contributed by atoms with Gasteiger partial charge in [-0.15, -0.1) is 0 Å². The van der Waals surface area contributed by atoms with Gasteiger partial charge in [0.2, 0.25) is 0 Å². The number of rotatable bonds is 4. The number of benzene rings is 1. The molecular formula is C10H10Br2O2. The first-order chi connectivity index (χ1) is 6.59. The zero-order chi connectivity index (χ0) is 10.6. The molecule has 0 aliphatic rings. The van der Waals surface area contributed by atoms with E-state index in [9.17, 15) is 4.79 Å². The maximum absolute atomic E-state index is 10.5. The van der Waals surface area contributed by atoms with Crippen molar-refractivity contribution in [3.05, 3.63) is 34.3 Å². The predicted molar refractivity (Wildman–Crippen MR) is 62.8 cm³/mol. The lowest BCUT2D eigenvalue weighted by molar-refractivity contribution is -0.136. The molecule has 1 aromatic carbocycles. The van der Waals surface area contributed by atoms with Crippen LogP contribution in [0.4, 0.5) is 0 Å². The molecule has 0 radical (unpaired) electrons. The van der Waals surface area contributed by atoms with Gasteiger partial charge in [-0.25, -0.2) is 0 Å². The van der Waals surface area contributed by atoms with Gasteiger partial charge in [-0.2, -0.15) is 0 Å². The van der Waals surface area contributed by atoms with Gasteiger partial charge in [0.25, 0.3) is 0 Å². The van der Waals surface area contributed by atoms with Crippen LogP contribution in [0.25, 0.3) is 0 Å². The van der Waals surface area contributed by atoms with Crippen molar-refractivity contribution in [3.63, 3.8) is 0 Å². The highest BCUT2D eigenvalue weighted by atomic mass is 79.9. The van der Waals surface area contributed by atoms with Crippen LogP contribution in [0, 0.1) is 0 Å². The minimum absolute atomic E-state index is 0.453. The van der Waals surface area contributed by atoms with E-state index in [4.69, 9.17) is 5.11 Å². The minimum atomic E-state index is -0.804. The van der Waals surface area contributed by atoms with Gasteiger partial charge in [0.05, 0.1) is 0 Å². The molecule has 1 unspecified atom stereocenters. The lowest BCUT2D eigenvalue weighted by Crippen LogP contribution is -2.13. The third-order valence-electron chi connectivity index (χ3n) is 1.87. The molecule has 0 amide bonds. The van der Waals surface area contributed by atoms with E-state index in [0.29, 0.717) is 6.42 Å². The standard InChI is InChI=1S/C10H10Br2O2/c11-8-4-1-7(2-5-8)3-6-9(12)10(13)14/h1-2,4-5,9H,3,6H2,(H,13,14). The average molecular weight is 322 g/mol. The van der Waals surface area contributed by atoms with Crippen LogP contribution in [0.5, 0.6) is 0 Å². The summed E-state index contributed by atoms with van der Waals surface area (Å²) in [6.45, 7) is 0. The van der Waals surface area contributed by atoms with Crippen molar-refractivity contribution >= 4 is 37.8 Å². The number of carboxylic acids is 1. The SMILES string of the molecule is O=C(O)C(Br)CCc1ccc(Br)cc1. The van der Waals surface area contributed by atoms with E-state index in [2.05, 4.69) is 31.9 Å². The molecule has 0 aliphatic carbocycles. The monoisotopic (exact) mass is 320 g/mol. The van der Waals surface area contributed by atoms with E-state index in [1.54, 1.807) is 0 Å². The number of alkyl halides is 1. The number of hydrogen-bond acceptors (Lipinski definition) is 1. The maximum Gasteiger partial charge on any atom is 0.317 e. The molecular weight excluding hydrogens is 312 g/mol. The molecule has 76 valence electrons. The number of hydrogen-bond donors (Lipinski definition) is 1. The summed E-state index contributed by atoms with van der Waals surface area (Å²) in [7, 11) is 0. The molecule has 1 N–H and O–H groups in total. The Hall–Kier alpha value is -0.350. The predicted octanol–water partition coefficient (Wildman–Crippen LogP) is 3.23. The summed E-state index contributed by atoms with van der Waals surface area (Å²) in [5, 5.41) is 8.65. The molecule has 0 fully saturated rings. The summed E-state index contributed by atoms with van der Waals surface area (Å²) in [5.74, 6) is -0.804. The van der Waals surface area contributed by atoms with E-state index in [1.807, 2.05) is 24.3 Å². The van der Waals surface area contributed by atoms with Gasteiger partial charge < -0.3 is 5.11 Å². The first kappa shape index (κ1) is 11.7. The van der Waals surface area contributed by atoms with Crippen molar-refractivity contribution in [1.82, 2.24) is 0 Å². The summed E-state index contributed by atoms with van der Waals surface area (Å²) in [5.41, 5.74) is 1.15. The molecule has 0 heterocycles. The van der Waals surface area contributed by atoms with Crippen molar-refractivity contribution in [2.45, 2.75) is 17.7 Å². The van der Waals surface area contributed by atoms with Crippen molar-refractivity contribution in [3.8, 4) is 0 Å². The Morgan fingerprint density at radius 3 is 2.43 bits per heavy atom. The normalized spacial score (nSPS) is 12.4. The van der Waals surface area contributed by atoms with Crippen LogP contribution in [-0.2, 0) is 11.2 Å². The summed E-state index contributed by atoms with van der Waals surface area (Å²) in [6.07, 6.45) is 1.38. The third kappa shape index (κ3) is 3.80. The largest absolute Gasteiger partial charge is 0.480 e. The third-order valence-corrected chi connectivity index (χ3v) is 3.25. The van der Waals surface area contributed by atoms with Crippen LogP contribution >= 0.6 is 31.9 Å². The van der Waals surface area contributed by atoms with Crippen LogP contribution in [0.2, 0.25) is 0 Å². The molecule has 0 bridgehead atoms. The molecule has 14 heavy (non-hydrogen) atoms. The van der Waals surface area contributed by atoms with Crippen molar-refractivity contribution in [2.75, 3.05) is 0 Å². The Morgan fingerprint density at radius 2 is 1.93 bits per heavy atom. The highest BCUT2D eigenvalue weighted by Gasteiger charge is 2.12. The zero-order valence-electron chi connectivity index (χ0n) is 7.41. The molecule has 0 aliphatic heterocycles. The lowest BCUT2D eigenvalue weighted by atomic mass is 10.1. The van der Waals surface area contributed by atoms with E-state index < -0.39 is 10.8 Å².